The van der Waals surface area contributed by atoms with Crippen LogP contribution >= 0.6 is 8.58 Å². The van der Waals surface area contributed by atoms with Gasteiger partial charge in [-0.1, -0.05) is 42.0 Å². The van der Waals surface area contributed by atoms with Crippen molar-refractivity contribution in [2.45, 2.75) is 27.7 Å². The third-order valence-corrected chi connectivity index (χ3v) is 4.63. The van der Waals surface area contributed by atoms with E-state index in [2.05, 4.69) is 32.0 Å². The second kappa shape index (κ2) is 7.23. The molecule has 2 rings (SSSR count). The molecule has 0 saturated carbocycles. The first-order valence-corrected chi connectivity index (χ1v) is 7.44. The van der Waals surface area contributed by atoms with E-state index in [1.807, 2.05) is 32.0 Å². The van der Waals surface area contributed by atoms with Gasteiger partial charge in [0.25, 0.3) is 0 Å². The van der Waals surface area contributed by atoms with Gasteiger partial charge in [0.1, 0.15) is 0 Å². The van der Waals surface area contributed by atoms with Gasteiger partial charge in [0.05, 0.1) is 0 Å². The van der Waals surface area contributed by atoms with E-state index in [1.165, 1.54) is 11.1 Å². The summed E-state index contributed by atoms with van der Waals surface area (Å²) in [5.74, 6) is 0. The van der Waals surface area contributed by atoms with Crippen molar-refractivity contribution in [1.82, 2.24) is 0 Å². The van der Waals surface area contributed by atoms with E-state index in [9.17, 15) is 4.79 Å². The van der Waals surface area contributed by atoms with Crippen molar-refractivity contribution in [1.29, 1.82) is 0 Å². The topological polar surface area (TPSA) is 17.1 Å². The van der Waals surface area contributed by atoms with Gasteiger partial charge in [-0.15, -0.1) is 0 Å². The van der Waals surface area contributed by atoms with Gasteiger partial charge in [0, 0.05) is 5.56 Å². The van der Waals surface area contributed by atoms with Gasteiger partial charge in [-0.05, 0) is 58.3 Å². The molecular formula is C17H20LiOP. The molecule has 0 spiro atoms. The molecule has 0 heterocycles. The van der Waals surface area contributed by atoms with Crippen LogP contribution in [0, 0.1) is 27.7 Å². The standard InChI is InChI=1S/C17H19OP.Li.H/c1-11-8-9-12(2)15(10-11)19-17(18)16-13(3)6-5-7-14(16)4;;/h5-10,19H,1-4H3;;. The van der Waals surface area contributed by atoms with Gasteiger partial charge in [0.2, 0.25) is 0 Å². The summed E-state index contributed by atoms with van der Waals surface area (Å²) in [5, 5.41) is 1.16. The molecular weight excluding hydrogens is 258 g/mol. The minimum absolute atomic E-state index is 0. The molecule has 2 aromatic carbocycles. The van der Waals surface area contributed by atoms with Crippen LogP contribution in [0.1, 0.15) is 32.6 Å². The van der Waals surface area contributed by atoms with Crippen molar-refractivity contribution in [3.8, 4) is 0 Å². The molecule has 0 N–H and O–H groups in total. The van der Waals surface area contributed by atoms with Crippen molar-refractivity contribution < 1.29 is 4.79 Å². The maximum atomic E-state index is 12.5. The summed E-state index contributed by atoms with van der Waals surface area (Å²) in [7, 11) is 0.205. The molecule has 0 fully saturated rings. The van der Waals surface area contributed by atoms with E-state index < -0.39 is 0 Å². The van der Waals surface area contributed by atoms with Crippen molar-refractivity contribution in [2.75, 3.05) is 0 Å². The average Bonchev–Trinajstić information content (AvgIpc) is 2.33. The Morgan fingerprint density at radius 3 is 2.10 bits per heavy atom. The molecule has 0 aromatic heterocycles. The van der Waals surface area contributed by atoms with Gasteiger partial charge in [-0.3, -0.25) is 4.79 Å². The van der Waals surface area contributed by atoms with Crippen LogP contribution in [-0.4, -0.2) is 24.4 Å². The second-order valence-corrected chi connectivity index (χ2v) is 6.28. The van der Waals surface area contributed by atoms with E-state index in [1.54, 1.807) is 0 Å². The van der Waals surface area contributed by atoms with Crippen LogP contribution in [0.4, 0.5) is 0 Å². The minimum atomic E-state index is 0. The number of carbonyl (C=O) groups is 1. The van der Waals surface area contributed by atoms with Crippen LogP contribution < -0.4 is 5.30 Å². The normalized spacial score (nSPS) is 10.6. The molecule has 0 bridgehead atoms. The first kappa shape index (κ1) is 17.2. The quantitative estimate of drug-likeness (QED) is 0.621. The van der Waals surface area contributed by atoms with Gasteiger partial charge in [-0.25, -0.2) is 0 Å². The maximum absolute atomic E-state index is 12.5. The molecule has 1 nitrogen and oxygen atoms in total. The fourth-order valence-electron chi connectivity index (χ4n) is 2.23. The Kier molecular flexibility index (Phi) is 6.22. The number of aryl methyl sites for hydroxylation is 4. The Morgan fingerprint density at radius 1 is 0.900 bits per heavy atom. The van der Waals surface area contributed by atoms with Crippen LogP contribution in [0.3, 0.4) is 0 Å². The Bertz CT molecular complexity index is 615. The summed E-state index contributed by atoms with van der Waals surface area (Å²) in [6, 6.07) is 12.3. The summed E-state index contributed by atoms with van der Waals surface area (Å²) in [5.41, 5.74) is 5.68. The zero-order chi connectivity index (χ0) is 14.0. The Labute approximate surface area is 135 Å². The van der Waals surface area contributed by atoms with Gasteiger partial charge < -0.3 is 0 Å². The predicted octanol–water partition coefficient (Wildman–Crippen LogP) is 3.42. The van der Waals surface area contributed by atoms with Gasteiger partial charge in [-0.2, -0.15) is 0 Å². The Morgan fingerprint density at radius 2 is 1.50 bits per heavy atom. The zero-order valence-corrected chi connectivity index (χ0v) is 12.9. The van der Waals surface area contributed by atoms with Crippen LogP contribution in [0.5, 0.6) is 0 Å². The van der Waals surface area contributed by atoms with Gasteiger partial charge >= 0.3 is 18.9 Å². The molecule has 1 atom stereocenters. The fraction of sp³-hybridized carbons (Fsp3) is 0.235. The first-order valence-electron chi connectivity index (χ1n) is 6.44. The summed E-state index contributed by atoms with van der Waals surface area (Å²) < 4.78 is 0. The van der Waals surface area contributed by atoms with Crippen molar-refractivity contribution in [3.63, 3.8) is 0 Å². The first-order chi connectivity index (χ1) is 8.99. The van der Waals surface area contributed by atoms with Crippen LogP contribution in [0.25, 0.3) is 0 Å². The zero-order valence-electron chi connectivity index (χ0n) is 11.9. The summed E-state index contributed by atoms with van der Waals surface area (Å²) >= 11 is 0. The second-order valence-electron chi connectivity index (χ2n) is 5.04. The molecule has 0 aliphatic rings. The van der Waals surface area contributed by atoms with Gasteiger partial charge in [0.15, 0.2) is 5.52 Å². The number of hydrogen-bond acceptors (Lipinski definition) is 1. The number of hydrogen-bond donors (Lipinski definition) is 0. The summed E-state index contributed by atoms with van der Waals surface area (Å²) in [4.78, 5) is 12.5. The summed E-state index contributed by atoms with van der Waals surface area (Å²) in [6.07, 6.45) is 0. The molecule has 0 amide bonds. The molecule has 0 radical (unpaired) electrons. The summed E-state index contributed by atoms with van der Waals surface area (Å²) in [6.45, 7) is 8.15. The van der Waals surface area contributed by atoms with Crippen molar-refractivity contribution in [2.24, 2.45) is 0 Å². The molecule has 2 aromatic rings. The van der Waals surface area contributed by atoms with E-state index >= 15 is 0 Å². The SMILES string of the molecule is Cc1ccc(C)c(PC(=O)c2c(C)cccc2C)c1.[LiH]. The third-order valence-electron chi connectivity index (χ3n) is 3.35. The Hall–Kier alpha value is -0.863. The van der Waals surface area contributed by atoms with Crippen LogP contribution in [0.15, 0.2) is 36.4 Å². The molecule has 0 aliphatic heterocycles. The molecule has 0 saturated heterocycles. The van der Waals surface area contributed by atoms with Crippen molar-refractivity contribution in [3.05, 3.63) is 64.2 Å². The molecule has 1 unspecified atom stereocenters. The van der Waals surface area contributed by atoms with E-state index in [4.69, 9.17) is 0 Å². The molecule has 100 valence electrons. The van der Waals surface area contributed by atoms with Crippen LogP contribution in [-0.2, 0) is 0 Å². The Balaban J connectivity index is 0.00000200. The van der Waals surface area contributed by atoms with E-state index in [0.29, 0.717) is 0 Å². The fourth-order valence-corrected chi connectivity index (χ4v) is 3.57. The predicted molar refractivity (Wildman–Crippen MR) is 91.3 cm³/mol. The van der Waals surface area contributed by atoms with E-state index in [0.717, 1.165) is 22.0 Å². The molecule has 3 heteroatoms. The third kappa shape index (κ3) is 3.83. The molecule has 0 aliphatic carbocycles. The molecule has 20 heavy (non-hydrogen) atoms. The number of carbonyl (C=O) groups excluding carboxylic acids is 1. The van der Waals surface area contributed by atoms with Crippen molar-refractivity contribution >= 4 is 38.3 Å². The average molecular weight is 278 g/mol. The monoisotopic (exact) mass is 278 g/mol. The number of benzene rings is 2. The van der Waals surface area contributed by atoms with Crippen LogP contribution in [0.2, 0.25) is 0 Å². The van der Waals surface area contributed by atoms with E-state index in [-0.39, 0.29) is 33.0 Å². The number of rotatable bonds is 3.